The van der Waals surface area contributed by atoms with E-state index in [0.717, 1.165) is 0 Å². The maximum atomic E-state index is 10.6. The van der Waals surface area contributed by atoms with Crippen molar-refractivity contribution in [3.05, 3.63) is 18.2 Å². The van der Waals surface area contributed by atoms with Gasteiger partial charge in [-0.15, -0.1) is 0 Å². The molecule has 74 valence electrons. The smallest absolute Gasteiger partial charge is 0.269 e. The van der Waals surface area contributed by atoms with Crippen LogP contribution in [-0.4, -0.2) is 28.4 Å². The van der Waals surface area contributed by atoms with E-state index >= 15 is 0 Å². The second kappa shape index (κ2) is 2.93. The van der Waals surface area contributed by atoms with Crippen LogP contribution in [0.15, 0.2) is 18.2 Å². The number of para-hydroxylation sites is 1. The van der Waals surface area contributed by atoms with Gasteiger partial charge in [-0.3, -0.25) is 9.27 Å². The SMILES string of the molecule is O=S(=O)(O)Nc1cccc2n[nH]nc12. The lowest BCUT2D eigenvalue weighted by Gasteiger charge is -2.01. The Bertz CT molecular complexity index is 561. The summed E-state index contributed by atoms with van der Waals surface area (Å²) < 4.78 is 31.6. The summed E-state index contributed by atoms with van der Waals surface area (Å²) in [5, 5.41) is 9.83. The minimum Gasteiger partial charge on any atom is -0.269 e. The number of anilines is 1. The molecule has 8 heteroatoms. The molecule has 0 spiro atoms. The number of rotatable bonds is 2. The molecule has 1 aromatic carbocycles. The molecule has 0 aliphatic heterocycles. The van der Waals surface area contributed by atoms with Crippen molar-refractivity contribution in [2.45, 2.75) is 0 Å². The number of benzene rings is 1. The first-order valence-electron chi connectivity index (χ1n) is 3.61. The summed E-state index contributed by atoms with van der Waals surface area (Å²) in [7, 11) is -4.28. The van der Waals surface area contributed by atoms with Crippen molar-refractivity contribution in [3.8, 4) is 0 Å². The van der Waals surface area contributed by atoms with Crippen molar-refractivity contribution in [2.24, 2.45) is 0 Å². The van der Waals surface area contributed by atoms with Crippen molar-refractivity contribution in [1.29, 1.82) is 0 Å². The summed E-state index contributed by atoms with van der Waals surface area (Å²) in [6.07, 6.45) is 0. The minimum absolute atomic E-state index is 0.179. The standard InChI is InChI=1S/C6H6N4O3S/c11-14(12,13)9-5-3-1-2-4-6(5)8-10-7-4/h1-3,9H,(H,7,8,10)(H,11,12,13). The zero-order valence-electron chi connectivity index (χ0n) is 6.80. The van der Waals surface area contributed by atoms with Crippen LogP contribution < -0.4 is 4.72 Å². The Balaban J connectivity index is 2.57. The van der Waals surface area contributed by atoms with Gasteiger partial charge in [-0.05, 0) is 12.1 Å². The normalized spacial score (nSPS) is 11.8. The molecule has 0 saturated heterocycles. The Morgan fingerprint density at radius 1 is 1.36 bits per heavy atom. The Kier molecular flexibility index (Phi) is 1.86. The molecular formula is C6H6N4O3S. The van der Waals surface area contributed by atoms with E-state index in [1.807, 2.05) is 4.72 Å². The number of nitrogens with zero attached hydrogens (tertiary/aromatic N) is 2. The van der Waals surface area contributed by atoms with Crippen LogP contribution in [-0.2, 0) is 10.3 Å². The maximum Gasteiger partial charge on any atom is 0.357 e. The molecule has 0 atom stereocenters. The summed E-state index contributed by atoms with van der Waals surface area (Å²) in [5.41, 5.74) is 1.04. The fraction of sp³-hybridized carbons (Fsp3) is 0. The largest absolute Gasteiger partial charge is 0.357 e. The van der Waals surface area contributed by atoms with E-state index in [2.05, 4.69) is 15.4 Å². The third-order valence-corrected chi connectivity index (χ3v) is 2.06. The van der Waals surface area contributed by atoms with Crippen LogP contribution in [0.2, 0.25) is 0 Å². The minimum atomic E-state index is -4.28. The van der Waals surface area contributed by atoms with E-state index in [9.17, 15) is 8.42 Å². The number of hydrogen-bond acceptors (Lipinski definition) is 4. The Labute approximate surface area is 79.0 Å². The highest BCUT2D eigenvalue weighted by Crippen LogP contribution is 2.19. The quantitative estimate of drug-likeness (QED) is 0.617. The van der Waals surface area contributed by atoms with E-state index in [1.165, 1.54) is 6.07 Å². The summed E-state index contributed by atoms with van der Waals surface area (Å²) >= 11 is 0. The number of fused-ring (bicyclic) bond motifs is 1. The van der Waals surface area contributed by atoms with E-state index in [0.29, 0.717) is 11.0 Å². The van der Waals surface area contributed by atoms with Gasteiger partial charge in [-0.25, -0.2) is 0 Å². The van der Waals surface area contributed by atoms with Crippen LogP contribution >= 0.6 is 0 Å². The van der Waals surface area contributed by atoms with Gasteiger partial charge in [0, 0.05) is 0 Å². The average molecular weight is 214 g/mol. The van der Waals surface area contributed by atoms with Crippen LogP contribution in [0, 0.1) is 0 Å². The summed E-state index contributed by atoms with van der Waals surface area (Å²) in [6.45, 7) is 0. The Hall–Kier alpha value is -1.67. The van der Waals surface area contributed by atoms with Gasteiger partial charge in [0.05, 0.1) is 5.69 Å². The predicted octanol–water partition coefficient (Wildman–Crippen LogP) is 0.173. The molecule has 0 amide bonds. The van der Waals surface area contributed by atoms with Gasteiger partial charge in [-0.1, -0.05) is 6.07 Å². The van der Waals surface area contributed by atoms with Crippen molar-refractivity contribution >= 4 is 27.0 Å². The Morgan fingerprint density at radius 3 is 2.86 bits per heavy atom. The van der Waals surface area contributed by atoms with Crippen LogP contribution in [0.25, 0.3) is 11.0 Å². The molecule has 0 bridgehead atoms. The van der Waals surface area contributed by atoms with Gasteiger partial charge >= 0.3 is 10.3 Å². The molecule has 0 radical (unpaired) electrons. The topological polar surface area (TPSA) is 108 Å². The third kappa shape index (κ3) is 1.65. The lowest BCUT2D eigenvalue weighted by molar-refractivity contribution is 0.490. The zero-order valence-corrected chi connectivity index (χ0v) is 7.61. The van der Waals surface area contributed by atoms with Gasteiger partial charge in [0.1, 0.15) is 11.0 Å². The first-order chi connectivity index (χ1) is 6.56. The molecule has 1 heterocycles. The maximum absolute atomic E-state index is 10.6. The van der Waals surface area contributed by atoms with Gasteiger partial charge in [0.2, 0.25) is 0 Å². The van der Waals surface area contributed by atoms with Crippen molar-refractivity contribution < 1.29 is 13.0 Å². The molecule has 0 fully saturated rings. The van der Waals surface area contributed by atoms with Crippen LogP contribution in [0.5, 0.6) is 0 Å². The lowest BCUT2D eigenvalue weighted by Crippen LogP contribution is -2.10. The number of nitrogens with one attached hydrogen (secondary N) is 2. The second-order valence-corrected chi connectivity index (χ2v) is 3.73. The van der Waals surface area contributed by atoms with Gasteiger partial charge in [-0.2, -0.15) is 23.8 Å². The van der Waals surface area contributed by atoms with Gasteiger partial charge in [0.15, 0.2) is 0 Å². The second-order valence-electron chi connectivity index (χ2n) is 2.57. The number of aromatic amines is 1. The van der Waals surface area contributed by atoms with E-state index < -0.39 is 10.3 Å². The summed E-state index contributed by atoms with van der Waals surface area (Å²) in [4.78, 5) is 0. The fourth-order valence-electron chi connectivity index (χ4n) is 1.09. The van der Waals surface area contributed by atoms with Crippen molar-refractivity contribution in [1.82, 2.24) is 15.4 Å². The van der Waals surface area contributed by atoms with Crippen LogP contribution in [0.1, 0.15) is 0 Å². The zero-order chi connectivity index (χ0) is 10.2. The molecule has 0 aliphatic carbocycles. The molecule has 7 nitrogen and oxygen atoms in total. The highest BCUT2D eigenvalue weighted by Gasteiger charge is 2.09. The highest BCUT2D eigenvalue weighted by atomic mass is 32.2. The van der Waals surface area contributed by atoms with Crippen LogP contribution in [0.3, 0.4) is 0 Å². The summed E-state index contributed by atoms with van der Waals surface area (Å²) in [5.74, 6) is 0. The molecule has 0 aliphatic rings. The van der Waals surface area contributed by atoms with E-state index in [4.69, 9.17) is 4.55 Å². The van der Waals surface area contributed by atoms with Crippen molar-refractivity contribution in [2.75, 3.05) is 4.72 Å². The first kappa shape index (κ1) is 8.91. The average Bonchev–Trinajstić information content (AvgIpc) is 2.49. The number of hydrogen-bond donors (Lipinski definition) is 3. The third-order valence-electron chi connectivity index (χ3n) is 1.59. The summed E-state index contributed by atoms with van der Waals surface area (Å²) in [6, 6.07) is 4.73. The monoisotopic (exact) mass is 214 g/mol. The van der Waals surface area contributed by atoms with Crippen LogP contribution in [0.4, 0.5) is 5.69 Å². The molecular weight excluding hydrogens is 208 g/mol. The molecule has 2 rings (SSSR count). The van der Waals surface area contributed by atoms with E-state index in [-0.39, 0.29) is 5.69 Å². The lowest BCUT2D eigenvalue weighted by atomic mass is 10.3. The number of H-pyrrole nitrogens is 1. The van der Waals surface area contributed by atoms with Gasteiger partial charge < -0.3 is 0 Å². The number of aromatic nitrogens is 3. The predicted molar refractivity (Wildman–Crippen MR) is 49.1 cm³/mol. The van der Waals surface area contributed by atoms with E-state index in [1.54, 1.807) is 12.1 Å². The molecule has 14 heavy (non-hydrogen) atoms. The van der Waals surface area contributed by atoms with Crippen molar-refractivity contribution in [3.63, 3.8) is 0 Å². The molecule has 0 unspecified atom stereocenters. The Morgan fingerprint density at radius 2 is 2.14 bits per heavy atom. The van der Waals surface area contributed by atoms with Gasteiger partial charge in [0.25, 0.3) is 0 Å². The fourth-order valence-corrected chi connectivity index (χ4v) is 1.53. The molecule has 0 saturated carbocycles. The molecule has 1 aromatic heterocycles. The molecule has 2 aromatic rings. The molecule has 3 N–H and O–H groups in total. The highest BCUT2D eigenvalue weighted by molar-refractivity contribution is 7.87. The first-order valence-corrected chi connectivity index (χ1v) is 5.05.